The Morgan fingerprint density at radius 3 is 2.10 bits per heavy atom. The standard InChI is InChI=1S/C15H22F3NO/c1-11(2)8-12-4-6-13(7-5-12)14(3,10-20)19-9-15(16,17)18/h4-7,11,19-20H,8-10H2,1-3H3. The molecule has 1 atom stereocenters. The van der Waals surface area contributed by atoms with E-state index in [1.165, 1.54) is 0 Å². The fourth-order valence-electron chi connectivity index (χ4n) is 2.02. The molecule has 0 bridgehead atoms. The molecule has 0 aliphatic rings. The van der Waals surface area contributed by atoms with Gasteiger partial charge in [-0.1, -0.05) is 38.1 Å². The smallest absolute Gasteiger partial charge is 0.394 e. The Bertz CT molecular complexity index is 414. The summed E-state index contributed by atoms with van der Waals surface area (Å²) in [7, 11) is 0. The zero-order valence-electron chi connectivity index (χ0n) is 12.1. The van der Waals surface area contributed by atoms with Gasteiger partial charge in [0.15, 0.2) is 0 Å². The van der Waals surface area contributed by atoms with Crippen LogP contribution in [-0.4, -0.2) is 24.4 Å². The maximum atomic E-state index is 12.3. The largest absolute Gasteiger partial charge is 0.401 e. The summed E-state index contributed by atoms with van der Waals surface area (Å²) in [6, 6.07) is 7.35. The number of aliphatic hydroxyl groups excluding tert-OH is 1. The van der Waals surface area contributed by atoms with Crippen molar-refractivity contribution in [3.8, 4) is 0 Å². The van der Waals surface area contributed by atoms with Gasteiger partial charge >= 0.3 is 6.18 Å². The van der Waals surface area contributed by atoms with E-state index in [2.05, 4.69) is 19.2 Å². The second-order valence-corrected chi connectivity index (χ2v) is 5.75. The first-order valence-corrected chi connectivity index (χ1v) is 6.68. The average Bonchev–Trinajstić information content (AvgIpc) is 2.35. The van der Waals surface area contributed by atoms with Gasteiger partial charge in [-0.2, -0.15) is 13.2 Å². The number of nitrogens with one attached hydrogen (secondary N) is 1. The SMILES string of the molecule is CC(C)Cc1ccc(C(C)(CO)NCC(F)(F)F)cc1. The minimum absolute atomic E-state index is 0.396. The lowest BCUT2D eigenvalue weighted by atomic mass is 9.91. The normalized spacial score (nSPS) is 15.4. The fraction of sp³-hybridized carbons (Fsp3) is 0.600. The maximum Gasteiger partial charge on any atom is 0.401 e. The van der Waals surface area contributed by atoms with Crippen LogP contribution in [0, 0.1) is 5.92 Å². The van der Waals surface area contributed by atoms with E-state index in [-0.39, 0.29) is 0 Å². The Balaban J connectivity index is 2.83. The van der Waals surface area contributed by atoms with E-state index >= 15 is 0 Å². The molecule has 1 rings (SSSR count). The lowest BCUT2D eigenvalue weighted by molar-refractivity contribution is -0.129. The van der Waals surface area contributed by atoms with E-state index in [1.54, 1.807) is 19.1 Å². The Morgan fingerprint density at radius 2 is 1.70 bits per heavy atom. The summed E-state index contributed by atoms with van der Waals surface area (Å²) in [6.07, 6.45) is -3.37. The summed E-state index contributed by atoms with van der Waals surface area (Å²) in [6.45, 7) is 4.26. The molecule has 0 radical (unpaired) electrons. The number of aliphatic hydroxyl groups is 1. The van der Waals surface area contributed by atoms with Gasteiger partial charge < -0.3 is 5.11 Å². The first-order chi connectivity index (χ1) is 9.16. The lowest BCUT2D eigenvalue weighted by Crippen LogP contribution is -2.47. The third-order valence-electron chi connectivity index (χ3n) is 3.23. The number of hydrogen-bond donors (Lipinski definition) is 2. The second kappa shape index (κ2) is 6.59. The quantitative estimate of drug-likeness (QED) is 0.842. The highest BCUT2D eigenvalue weighted by atomic mass is 19.4. The van der Waals surface area contributed by atoms with Crippen LogP contribution >= 0.6 is 0 Å². The lowest BCUT2D eigenvalue weighted by Gasteiger charge is -2.30. The summed E-state index contributed by atoms with van der Waals surface area (Å²) in [4.78, 5) is 0. The van der Waals surface area contributed by atoms with Gasteiger partial charge in [-0.05, 0) is 30.4 Å². The van der Waals surface area contributed by atoms with Crippen LogP contribution < -0.4 is 5.32 Å². The Morgan fingerprint density at radius 1 is 1.15 bits per heavy atom. The van der Waals surface area contributed by atoms with Crippen LogP contribution in [0.1, 0.15) is 31.9 Å². The summed E-state index contributed by atoms with van der Waals surface area (Å²) in [5.74, 6) is 0.522. The number of rotatable bonds is 6. The molecular formula is C15H22F3NO. The topological polar surface area (TPSA) is 32.3 Å². The van der Waals surface area contributed by atoms with Gasteiger partial charge in [0, 0.05) is 0 Å². The Labute approximate surface area is 118 Å². The van der Waals surface area contributed by atoms with Gasteiger partial charge in [0.25, 0.3) is 0 Å². The van der Waals surface area contributed by atoms with Gasteiger partial charge in [-0.3, -0.25) is 5.32 Å². The average molecular weight is 289 g/mol. The van der Waals surface area contributed by atoms with Gasteiger partial charge in [-0.25, -0.2) is 0 Å². The number of hydrogen-bond acceptors (Lipinski definition) is 2. The van der Waals surface area contributed by atoms with Gasteiger partial charge in [0.05, 0.1) is 18.7 Å². The van der Waals surface area contributed by atoms with Crippen molar-refractivity contribution >= 4 is 0 Å². The van der Waals surface area contributed by atoms with E-state index in [0.29, 0.717) is 11.5 Å². The second-order valence-electron chi connectivity index (χ2n) is 5.75. The predicted octanol–water partition coefficient (Wildman–Crippen LogP) is 3.24. The Hall–Kier alpha value is -1.07. The molecule has 0 aromatic heterocycles. The zero-order chi connectivity index (χ0) is 15.4. The van der Waals surface area contributed by atoms with Crippen LogP contribution in [0.5, 0.6) is 0 Å². The van der Waals surface area contributed by atoms with E-state index in [4.69, 9.17) is 0 Å². The summed E-state index contributed by atoms with van der Waals surface area (Å²) in [5, 5.41) is 11.8. The minimum Gasteiger partial charge on any atom is -0.394 e. The van der Waals surface area contributed by atoms with Gasteiger partial charge in [0.2, 0.25) is 0 Å². The van der Waals surface area contributed by atoms with Crippen LogP contribution in [0.2, 0.25) is 0 Å². The molecule has 0 heterocycles. The third kappa shape index (κ3) is 5.13. The highest BCUT2D eigenvalue weighted by Gasteiger charge is 2.33. The summed E-state index contributed by atoms with van der Waals surface area (Å²) in [5.41, 5.74) is 0.697. The van der Waals surface area contributed by atoms with Crippen molar-refractivity contribution in [2.75, 3.05) is 13.2 Å². The van der Waals surface area contributed by atoms with Crippen LogP contribution in [-0.2, 0) is 12.0 Å². The molecule has 0 spiro atoms. The molecule has 1 aromatic rings. The monoisotopic (exact) mass is 289 g/mol. The molecule has 1 unspecified atom stereocenters. The molecular weight excluding hydrogens is 267 g/mol. The molecule has 0 aliphatic carbocycles. The van der Waals surface area contributed by atoms with Crippen molar-refractivity contribution in [3.05, 3.63) is 35.4 Å². The molecule has 0 amide bonds. The first-order valence-electron chi connectivity index (χ1n) is 6.68. The van der Waals surface area contributed by atoms with Crippen molar-refractivity contribution in [3.63, 3.8) is 0 Å². The van der Waals surface area contributed by atoms with E-state index < -0.39 is 24.9 Å². The van der Waals surface area contributed by atoms with E-state index in [1.807, 2.05) is 12.1 Å². The molecule has 114 valence electrons. The molecule has 1 aromatic carbocycles. The fourth-order valence-corrected chi connectivity index (χ4v) is 2.02. The highest BCUT2D eigenvalue weighted by molar-refractivity contribution is 5.28. The van der Waals surface area contributed by atoms with Crippen molar-refractivity contribution < 1.29 is 18.3 Å². The number of alkyl halides is 3. The van der Waals surface area contributed by atoms with Crippen LogP contribution in [0.3, 0.4) is 0 Å². The molecule has 20 heavy (non-hydrogen) atoms. The van der Waals surface area contributed by atoms with Crippen molar-refractivity contribution in [2.24, 2.45) is 5.92 Å². The van der Waals surface area contributed by atoms with Crippen molar-refractivity contribution in [1.29, 1.82) is 0 Å². The molecule has 0 aliphatic heterocycles. The molecule has 5 heteroatoms. The first kappa shape index (κ1) is 17.0. The summed E-state index contributed by atoms with van der Waals surface area (Å²) < 4.78 is 36.9. The van der Waals surface area contributed by atoms with Crippen LogP contribution in [0.25, 0.3) is 0 Å². The van der Waals surface area contributed by atoms with Crippen LogP contribution in [0.4, 0.5) is 13.2 Å². The van der Waals surface area contributed by atoms with E-state index in [9.17, 15) is 18.3 Å². The predicted molar refractivity (Wildman–Crippen MR) is 73.5 cm³/mol. The number of benzene rings is 1. The molecule has 0 saturated heterocycles. The van der Waals surface area contributed by atoms with Crippen molar-refractivity contribution in [2.45, 2.75) is 38.9 Å². The molecule has 2 nitrogen and oxygen atoms in total. The van der Waals surface area contributed by atoms with Crippen molar-refractivity contribution in [1.82, 2.24) is 5.32 Å². The zero-order valence-corrected chi connectivity index (χ0v) is 12.1. The minimum atomic E-state index is -4.30. The third-order valence-corrected chi connectivity index (χ3v) is 3.23. The summed E-state index contributed by atoms with van der Waals surface area (Å²) >= 11 is 0. The molecule has 0 saturated carbocycles. The van der Waals surface area contributed by atoms with Crippen LogP contribution in [0.15, 0.2) is 24.3 Å². The Kier molecular flexibility index (Phi) is 5.59. The molecule has 2 N–H and O–H groups in total. The number of halogens is 3. The van der Waals surface area contributed by atoms with E-state index in [0.717, 1.165) is 12.0 Å². The maximum absolute atomic E-state index is 12.3. The van der Waals surface area contributed by atoms with Gasteiger partial charge in [0.1, 0.15) is 0 Å². The molecule has 0 fully saturated rings. The van der Waals surface area contributed by atoms with Gasteiger partial charge in [-0.15, -0.1) is 0 Å². The highest BCUT2D eigenvalue weighted by Crippen LogP contribution is 2.23.